The van der Waals surface area contributed by atoms with Crippen molar-refractivity contribution in [2.75, 3.05) is 7.05 Å². The number of nitrogens with one attached hydrogen (secondary N) is 1. The molecule has 0 aliphatic heterocycles. The van der Waals surface area contributed by atoms with Crippen molar-refractivity contribution < 1.29 is 13.2 Å². The van der Waals surface area contributed by atoms with Crippen LogP contribution in [0.2, 0.25) is 0 Å². The van der Waals surface area contributed by atoms with Crippen LogP contribution >= 0.6 is 0 Å². The van der Waals surface area contributed by atoms with E-state index >= 15 is 0 Å². The highest BCUT2D eigenvalue weighted by Crippen LogP contribution is 2.30. The van der Waals surface area contributed by atoms with E-state index in [1.165, 1.54) is 0 Å². The van der Waals surface area contributed by atoms with Gasteiger partial charge in [0, 0.05) is 12.5 Å². The zero-order valence-corrected chi connectivity index (χ0v) is 11.3. The first-order chi connectivity index (χ1) is 8.24. The summed E-state index contributed by atoms with van der Waals surface area (Å²) in [6, 6.07) is 3.78. The standard InChI is InChI=1S/C14H20F3N/c1-9-7-10(2)13(11(3)8-9)12(18-4)5-6-14(15,16)17/h7-8,12,18H,5-6H2,1-4H3. The van der Waals surface area contributed by atoms with Gasteiger partial charge >= 0.3 is 6.18 Å². The Balaban J connectivity index is 2.95. The van der Waals surface area contributed by atoms with Crippen LogP contribution in [0.4, 0.5) is 13.2 Å². The lowest BCUT2D eigenvalue weighted by atomic mass is 9.91. The second-order valence-corrected chi connectivity index (χ2v) is 4.81. The largest absolute Gasteiger partial charge is 0.389 e. The van der Waals surface area contributed by atoms with E-state index in [0.29, 0.717) is 0 Å². The minimum Gasteiger partial charge on any atom is -0.313 e. The van der Waals surface area contributed by atoms with Gasteiger partial charge in [0.1, 0.15) is 0 Å². The van der Waals surface area contributed by atoms with Gasteiger partial charge in [-0.1, -0.05) is 17.7 Å². The minimum atomic E-state index is -4.10. The Labute approximate surface area is 106 Å². The fourth-order valence-electron chi connectivity index (χ4n) is 2.48. The zero-order chi connectivity index (χ0) is 13.9. The Morgan fingerprint density at radius 2 is 1.61 bits per heavy atom. The number of hydrogen-bond donors (Lipinski definition) is 1. The van der Waals surface area contributed by atoms with Gasteiger partial charge in [-0.25, -0.2) is 0 Å². The van der Waals surface area contributed by atoms with Gasteiger partial charge < -0.3 is 5.32 Å². The number of halogens is 3. The lowest BCUT2D eigenvalue weighted by Gasteiger charge is -2.22. The highest BCUT2D eigenvalue weighted by Gasteiger charge is 2.29. The van der Waals surface area contributed by atoms with Crippen LogP contribution in [0.3, 0.4) is 0 Å². The van der Waals surface area contributed by atoms with Crippen molar-refractivity contribution in [3.8, 4) is 0 Å². The highest BCUT2D eigenvalue weighted by atomic mass is 19.4. The molecule has 0 saturated carbocycles. The molecule has 1 aromatic carbocycles. The van der Waals surface area contributed by atoms with Crippen molar-refractivity contribution in [2.24, 2.45) is 0 Å². The Kier molecular flexibility index (Phi) is 4.79. The monoisotopic (exact) mass is 259 g/mol. The minimum absolute atomic E-state index is 0.0741. The topological polar surface area (TPSA) is 12.0 Å². The summed E-state index contributed by atoms with van der Waals surface area (Å²) in [5.74, 6) is 0. The molecule has 1 nitrogen and oxygen atoms in total. The summed E-state index contributed by atoms with van der Waals surface area (Å²) < 4.78 is 36.9. The Morgan fingerprint density at radius 1 is 1.11 bits per heavy atom. The van der Waals surface area contributed by atoms with Crippen LogP contribution in [0.5, 0.6) is 0 Å². The number of alkyl halides is 3. The summed E-state index contributed by atoms with van der Waals surface area (Å²) in [4.78, 5) is 0. The third kappa shape index (κ3) is 4.02. The molecule has 0 heterocycles. The van der Waals surface area contributed by atoms with E-state index in [2.05, 4.69) is 5.32 Å². The predicted octanol–water partition coefficient (Wildman–Crippen LogP) is 4.21. The van der Waals surface area contributed by atoms with Crippen LogP contribution in [0.25, 0.3) is 0 Å². The first kappa shape index (κ1) is 15.0. The SMILES string of the molecule is CNC(CCC(F)(F)F)c1c(C)cc(C)cc1C. The summed E-state index contributed by atoms with van der Waals surface area (Å²) in [6.07, 6.45) is -4.78. The van der Waals surface area contributed by atoms with Gasteiger partial charge in [0.25, 0.3) is 0 Å². The molecule has 1 rings (SSSR count). The van der Waals surface area contributed by atoms with Gasteiger partial charge in [0.05, 0.1) is 0 Å². The number of hydrogen-bond acceptors (Lipinski definition) is 1. The molecule has 4 heteroatoms. The van der Waals surface area contributed by atoms with E-state index in [1.807, 2.05) is 32.9 Å². The summed E-state index contributed by atoms with van der Waals surface area (Å²) >= 11 is 0. The van der Waals surface area contributed by atoms with E-state index < -0.39 is 12.6 Å². The maximum atomic E-state index is 12.3. The Bertz CT molecular complexity index is 387. The molecule has 0 fully saturated rings. The average Bonchev–Trinajstić information content (AvgIpc) is 2.20. The second kappa shape index (κ2) is 5.74. The van der Waals surface area contributed by atoms with Crippen molar-refractivity contribution in [1.82, 2.24) is 5.32 Å². The molecule has 0 aliphatic carbocycles. The molecule has 0 amide bonds. The molecule has 0 aliphatic rings. The van der Waals surface area contributed by atoms with Gasteiger partial charge in [0.15, 0.2) is 0 Å². The molecular formula is C14H20F3N. The molecule has 0 aromatic heterocycles. The quantitative estimate of drug-likeness (QED) is 0.853. The van der Waals surface area contributed by atoms with E-state index in [4.69, 9.17) is 0 Å². The molecule has 1 atom stereocenters. The molecule has 0 radical (unpaired) electrons. The first-order valence-electron chi connectivity index (χ1n) is 6.06. The van der Waals surface area contributed by atoms with Crippen molar-refractivity contribution in [3.63, 3.8) is 0 Å². The molecular weight excluding hydrogens is 239 g/mol. The zero-order valence-electron chi connectivity index (χ0n) is 11.3. The molecule has 0 bridgehead atoms. The molecule has 1 N–H and O–H groups in total. The van der Waals surface area contributed by atoms with Crippen LogP contribution in [-0.4, -0.2) is 13.2 Å². The van der Waals surface area contributed by atoms with Gasteiger partial charge in [0.2, 0.25) is 0 Å². The fraction of sp³-hybridized carbons (Fsp3) is 0.571. The first-order valence-corrected chi connectivity index (χ1v) is 6.06. The second-order valence-electron chi connectivity index (χ2n) is 4.81. The summed E-state index contributed by atoms with van der Waals surface area (Å²) in [5, 5.41) is 2.99. The Morgan fingerprint density at radius 3 is 2.00 bits per heavy atom. The molecule has 1 unspecified atom stereocenters. The van der Waals surface area contributed by atoms with Crippen LogP contribution in [0, 0.1) is 20.8 Å². The summed E-state index contributed by atoms with van der Waals surface area (Å²) in [5.41, 5.74) is 4.23. The summed E-state index contributed by atoms with van der Waals surface area (Å²) in [6.45, 7) is 5.90. The van der Waals surface area contributed by atoms with Crippen molar-refractivity contribution in [3.05, 3.63) is 34.4 Å². The van der Waals surface area contributed by atoms with Crippen LogP contribution in [-0.2, 0) is 0 Å². The van der Waals surface area contributed by atoms with Crippen LogP contribution in [0.1, 0.15) is 41.1 Å². The van der Waals surface area contributed by atoms with E-state index in [1.54, 1.807) is 7.05 Å². The van der Waals surface area contributed by atoms with Crippen LogP contribution < -0.4 is 5.32 Å². The lowest BCUT2D eigenvalue weighted by Crippen LogP contribution is -2.21. The van der Waals surface area contributed by atoms with Gasteiger partial charge in [-0.3, -0.25) is 0 Å². The third-order valence-electron chi connectivity index (χ3n) is 3.15. The van der Waals surface area contributed by atoms with Crippen LogP contribution in [0.15, 0.2) is 12.1 Å². The normalized spacial score (nSPS) is 13.7. The maximum absolute atomic E-state index is 12.3. The molecule has 1 aromatic rings. The van der Waals surface area contributed by atoms with Crippen molar-refractivity contribution in [1.29, 1.82) is 0 Å². The van der Waals surface area contributed by atoms with Gasteiger partial charge in [-0.15, -0.1) is 0 Å². The smallest absolute Gasteiger partial charge is 0.313 e. The van der Waals surface area contributed by atoms with E-state index in [0.717, 1.165) is 22.3 Å². The highest BCUT2D eigenvalue weighted by molar-refractivity contribution is 5.39. The van der Waals surface area contributed by atoms with Gasteiger partial charge in [-0.05, 0) is 50.9 Å². The summed E-state index contributed by atoms with van der Waals surface area (Å²) in [7, 11) is 1.71. The van der Waals surface area contributed by atoms with Crippen molar-refractivity contribution >= 4 is 0 Å². The molecule has 0 saturated heterocycles. The molecule has 102 valence electrons. The predicted molar refractivity (Wildman–Crippen MR) is 67.7 cm³/mol. The van der Waals surface area contributed by atoms with Gasteiger partial charge in [-0.2, -0.15) is 13.2 Å². The van der Waals surface area contributed by atoms with E-state index in [9.17, 15) is 13.2 Å². The lowest BCUT2D eigenvalue weighted by molar-refractivity contribution is -0.136. The number of rotatable bonds is 4. The maximum Gasteiger partial charge on any atom is 0.389 e. The average molecular weight is 259 g/mol. The molecule has 0 spiro atoms. The fourth-order valence-corrected chi connectivity index (χ4v) is 2.48. The Hall–Kier alpha value is -1.03. The van der Waals surface area contributed by atoms with Crippen molar-refractivity contribution in [2.45, 2.75) is 45.8 Å². The number of aryl methyl sites for hydroxylation is 3. The number of benzene rings is 1. The van der Waals surface area contributed by atoms with E-state index in [-0.39, 0.29) is 12.5 Å². The molecule has 18 heavy (non-hydrogen) atoms. The third-order valence-corrected chi connectivity index (χ3v) is 3.15.